The van der Waals surface area contributed by atoms with E-state index in [1.54, 1.807) is 71.6 Å². The van der Waals surface area contributed by atoms with E-state index in [2.05, 4.69) is 22.0 Å². The first-order valence-corrected chi connectivity index (χ1v) is 20.6. The number of anilines is 2. The van der Waals surface area contributed by atoms with E-state index < -0.39 is 70.6 Å². The number of nitrogens with one attached hydrogen (secondary N) is 3. The molecule has 1 aromatic heterocycles. The second-order valence-corrected chi connectivity index (χ2v) is 19.4. The number of hydrogen-bond donors (Lipinski definition) is 3. The number of carbonyl (C=O) groups excluding carboxylic acids is 2. The molecule has 4 unspecified atom stereocenters. The minimum absolute atomic E-state index is 0.0458. The largest absolute Gasteiger partial charge is 0.444 e. The van der Waals surface area contributed by atoms with Crippen molar-refractivity contribution in [3.63, 3.8) is 0 Å². The topological polar surface area (TPSA) is 141 Å². The Morgan fingerprint density at radius 3 is 2.53 bits per heavy atom. The molecule has 2 aromatic carbocycles. The van der Waals surface area contributed by atoms with Gasteiger partial charge < -0.3 is 29.7 Å². The number of likely N-dealkylation sites (tertiary alicyclic amines) is 1. The molecule has 318 valence electrons. The van der Waals surface area contributed by atoms with Gasteiger partial charge in [0.15, 0.2) is 0 Å². The lowest BCUT2D eigenvalue weighted by atomic mass is 9.73. The molecule has 7 rings (SSSR count). The number of carbonyl (C=O) groups is 2. The second-order valence-electron chi connectivity index (χ2n) is 18.3. The Morgan fingerprint density at radius 1 is 1.12 bits per heavy atom. The number of thiophene rings is 1. The first-order valence-electron chi connectivity index (χ1n) is 19.8. The van der Waals surface area contributed by atoms with Crippen molar-refractivity contribution in [2.24, 2.45) is 22.2 Å². The summed E-state index contributed by atoms with van der Waals surface area (Å²) in [7, 11) is 1.85. The zero-order chi connectivity index (χ0) is 42.8. The first kappa shape index (κ1) is 42.6. The number of fused-ring (bicyclic) bond motifs is 4. The molecule has 5 heterocycles. The quantitative estimate of drug-likeness (QED) is 0.201. The number of rotatable bonds is 7. The van der Waals surface area contributed by atoms with Crippen molar-refractivity contribution in [3.05, 3.63) is 58.7 Å². The summed E-state index contributed by atoms with van der Waals surface area (Å²) in [5.41, 5.74) is -2.28. The molecule has 59 heavy (non-hydrogen) atoms. The molecule has 3 fully saturated rings. The number of hydrogen-bond acceptors (Lipinski definition) is 11. The number of benzene rings is 2. The van der Waals surface area contributed by atoms with Gasteiger partial charge in [-0.3, -0.25) is 10.2 Å². The van der Waals surface area contributed by atoms with Crippen LogP contribution in [0.3, 0.4) is 0 Å². The molecule has 0 saturated carbocycles. The van der Waals surface area contributed by atoms with Crippen molar-refractivity contribution < 1.29 is 41.4 Å². The zero-order valence-electron chi connectivity index (χ0n) is 34.5. The van der Waals surface area contributed by atoms with Gasteiger partial charge in [0.05, 0.1) is 29.6 Å². The van der Waals surface area contributed by atoms with Gasteiger partial charge in [-0.15, -0.1) is 11.3 Å². The lowest BCUT2D eigenvalue weighted by Gasteiger charge is -2.47. The molecule has 3 saturated heterocycles. The molecule has 0 spiro atoms. The maximum absolute atomic E-state index is 16.4. The highest BCUT2D eigenvalue weighted by Gasteiger charge is 2.53. The summed E-state index contributed by atoms with van der Waals surface area (Å²) in [6, 6.07) is 8.31. The second kappa shape index (κ2) is 15.5. The predicted octanol–water partition coefficient (Wildman–Crippen LogP) is 8.26. The van der Waals surface area contributed by atoms with E-state index in [-0.39, 0.29) is 58.7 Å². The van der Waals surface area contributed by atoms with E-state index in [1.807, 2.05) is 11.9 Å². The zero-order valence-corrected chi connectivity index (χ0v) is 35.3. The number of amides is 2. The van der Waals surface area contributed by atoms with Crippen LogP contribution >= 0.6 is 11.3 Å². The number of ether oxygens (including phenoxy) is 3. The van der Waals surface area contributed by atoms with Gasteiger partial charge in [-0.1, -0.05) is 19.1 Å². The van der Waals surface area contributed by atoms with Crippen LogP contribution in [0.1, 0.15) is 78.0 Å². The molecule has 12 nitrogen and oxygen atoms in total. The van der Waals surface area contributed by atoms with Gasteiger partial charge in [0.2, 0.25) is 6.43 Å². The molecule has 2 bridgehead atoms. The Labute approximate surface area is 345 Å². The fraction of sp³-hybridized carbons (Fsp3) is 0.571. The summed E-state index contributed by atoms with van der Waals surface area (Å²) in [6.07, 6.45) is -3.42. The van der Waals surface area contributed by atoms with Gasteiger partial charge in [0, 0.05) is 70.2 Å². The van der Waals surface area contributed by atoms with Crippen LogP contribution in [0.5, 0.6) is 0 Å². The molecule has 3 aromatic rings. The molecule has 6 atom stereocenters. The van der Waals surface area contributed by atoms with Crippen LogP contribution < -0.4 is 16.0 Å². The molecule has 17 heteroatoms. The average molecular weight is 842 g/mol. The minimum Gasteiger partial charge on any atom is -0.444 e. The summed E-state index contributed by atoms with van der Waals surface area (Å²) in [5.74, 6) is -5.56. The number of piperidine rings is 1. The van der Waals surface area contributed by atoms with Crippen LogP contribution in [0.4, 0.5) is 37.8 Å². The third-order valence-electron chi connectivity index (χ3n) is 11.4. The monoisotopic (exact) mass is 841 g/mol. The highest BCUT2D eigenvalue weighted by Crippen LogP contribution is 2.49. The summed E-state index contributed by atoms with van der Waals surface area (Å²) in [5, 5.41) is 20.4. The van der Waals surface area contributed by atoms with Crippen LogP contribution in [0, 0.1) is 40.2 Å². The standard InChI is InChI=1S/C42H51F4N7O5S/c1-39(2,3)57-37(54)49-36-26(17-47)32-27(10-9-11-31(32)59-36)42(56-21-41(7)20-52(8)13-12-28(41)35(45)46)50-33(25-14-22(43)15-29(44)34(25)51-42)24-16-23-18-48-19-30(24)53(23)38(55)58-40(4,5)6/h9-11,14-15,23-24,28,30,35,48,51H,12-13,16,18-21H2,1-8H3,(H,49,54)/t23?,24?,28-,30?,41+,42?/m1/s1. The number of halogens is 4. The van der Waals surface area contributed by atoms with Crippen molar-refractivity contribution >= 4 is 50.0 Å². The fourth-order valence-electron chi connectivity index (χ4n) is 9.02. The first-order chi connectivity index (χ1) is 27.6. The molecule has 3 N–H and O–H groups in total. The Bertz CT molecular complexity index is 2220. The van der Waals surface area contributed by atoms with Crippen molar-refractivity contribution in [3.8, 4) is 6.07 Å². The molecular formula is C42H51F4N7O5S. The van der Waals surface area contributed by atoms with Gasteiger partial charge >= 0.3 is 12.2 Å². The Kier molecular flexibility index (Phi) is 11.2. The van der Waals surface area contributed by atoms with Crippen LogP contribution in [-0.4, -0.2) is 97.2 Å². The average Bonchev–Trinajstić information content (AvgIpc) is 3.58. The molecule has 4 aliphatic rings. The maximum atomic E-state index is 16.4. The van der Waals surface area contributed by atoms with E-state index in [4.69, 9.17) is 19.2 Å². The van der Waals surface area contributed by atoms with E-state index in [1.165, 1.54) is 6.07 Å². The van der Waals surface area contributed by atoms with Crippen molar-refractivity contribution in [1.29, 1.82) is 5.26 Å². The Hall–Kier alpha value is -4.50. The fourth-order valence-corrected chi connectivity index (χ4v) is 10.1. The van der Waals surface area contributed by atoms with Crippen LogP contribution in [0.25, 0.3) is 10.1 Å². The van der Waals surface area contributed by atoms with E-state index >= 15 is 8.78 Å². The number of nitriles is 1. The van der Waals surface area contributed by atoms with Gasteiger partial charge in [0.1, 0.15) is 33.9 Å². The Morgan fingerprint density at radius 2 is 1.85 bits per heavy atom. The molecule has 4 aliphatic heterocycles. The summed E-state index contributed by atoms with van der Waals surface area (Å²) in [6.45, 7) is 13.4. The van der Waals surface area contributed by atoms with Crippen molar-refractivity contribution in [2.75, 3.05) is 50.5 Å². The normalized spacial score (nSPS) is 27.2. The van der Waals surface area contributed by atoms with E-state index in [9.17, 15) is 23.6 Å². The lowest BCUT2D eigenvalue weighted by Crippen LogP contribution is -2.57. The van der Waals surface area contributed by atoms with Gasteiger partial charge in [-0.2, -0.15) is 5.26 Å². The third kappa shape index (κ3) is 8.33. The van der Waals surface area contributed by atoms with Crippen molar-refractivity contribution in [2.45, 2.75) is 96.9 Å². The van der Waals surface area contributed by atoms with Crippen LogP contribution in [0.2, 0.25) is 0 Å². The van der Waals surface area contributed by atoms with Gasteiger partial charge in [-0.25, -0.2) is 32.1 Å². The third-order valence-corrected chi connectivity index (χ3v) is 12.5. The number of aliphatic imine (C=N–C) groups is 1. The number of piperazine rings is 1. The molecular weight excluding hydrogens is 791 g/mol. The summed E-state index contributed by atoms with van der Waals surface area (Å²) < 4.78 is 80.1. The predicted molar refractivity (Wildman–Crippen MR) is 217 cm³/mol. The maximum Gasteiger partial charge on any atom is 0.412 e. The van der Waals surface area contributed by atoms with Crippen LogP contribution in [0.15, 0.2) is 35.3 Å². The smallest absolute Gasteiger partial charge is 0.412 e. The van der Waals surface area contributed by atoms with Crippen LogP contribution in [-0.2, 0) is 20.1 Å². The molecule has 0 aliphatic carbocycles. The van der Waals surface area contributed by atoms with E-state index in [0.29, 0.717) is 36.1 Å². The highest BCUT2D eigenvalue weighted by atomic mass is 32.1. The van der Waals surface area contributed by atoms with E-state index in [0.717, 1.165) is 17.4 Å². The van der Waals surface area contributed by atoms with Crippen molar-refractivity contribution in [1.82, 2.24) is 15.1 Å². The molecule has 2 amide bonds. The minimum atomic E-state index is -2.66. The summed E-state index contributed by atoms with van der Waals surface area (Å²) >= 11 is 1.10. The lowest BCUT2D eigenvalue weighted by molar-refractivity contribution is -0.126. The summed E-state index contributed by atoms with van der Waals surface area (Å²) in [4.78, 5) is 35.7. The number of nitrogens with zero attached hydrogens (tertiary/aromatic N) is 4. The number of alkyl halides is 2. The highest BCUT2D eigenvalue weighted by molar-refractivity contribution is 7.23. The van der Waals surface area contributed by atoms with Gasteiger partial charge in [0.25, 0.3) is 5.85 Å². The Balaban J connectivity index is 1.44. The SMILES string of the molecule is CN1CC[C@H](C(F)F)[C@](C)(COC2(c3cccc4sc(NC(=O)OC(C)(C)C)c(C#N)c34)N=C(C3CC4CNCC3N4C(=O)OC(C)(C)C)c3cc(F)cc(F)c3N2)C1. The van der Waals surface area contributed by atoms with Gasteiger partial charge in [-0.05, 0) is 80.1 Å². The molecule has 0 radical (unpaired) electrons.